The Morgan fingerprint density at radius 2 is 2.18 bits per heavy atom. The molecule has 0 saturated carbocycles. The predicted octanol–water partition coefficient (Wildman–Crippen LogP) is 1.64. The molecule has 0 aliphatic carbocycles. The van der Waals surface area contributed by atoms with E-state index in [9.17, 15) is 4.79 Å². The molecule has 17 heavy (non-hydrogen) atoms. The van der Waals surface area contributed by atoms with Crippen LogP contribution in [0.2, 0.25) is 0 Å². The number of carboxylic acids is 1. The van der Waals surface area contributed by atoms with Gasteiger partial charge in [-0.3, -0.25) is 0 Å². The van der Waals surface area contributed by atoms with Crippen LogP contribution in [-0.4, -0.2) is 29.8 Å². The monoisotopic (exact) mass is 239 g/mol. The third kappa shape index (κ3) is 3.08. The minimum Gasteiger partial charge on any atom is -0.475 e. The molecule has 0 atom stereocenters. The molecule has 0 bridgehead atoms. The number of furan rings is 1. The summed E-state index contributed by atoms with van der Waals surface area (Å²) in [5.74, 6) is -0.400. The standard InChI is InChI=1S/C12H17NO4/c1-12(4-6-16-7-5-12)13-8-9-2-3-10(17-9)11(14)15/h2-3,13H,4-8H2,1H3,(H,14,15). The molecule has 0 aromatic carbocycles. The summed E-state index contributed by atoms with van der Waals surface area (Å²) >= 11 is 0. The summed E-state index contributed by atoms with van der Waals surface area (Å²) in [5.41, 5.74) is 0.0500. The minimum absolute atomic E-state index is 0.0149. The Morgan fingerprint density at radius 3 is 2.76 bits per heavy atom. The van der Waals surface area contributed by atoms with E-state index in [0.717, 1.165) is 26.1 Å². The summed E-state index contributed by atoms with van der Waals surface area (Å²) in [4.78, 5) is 10.7. The SMILES string of the molecule is CC1(NCc2ccc(C(=O)O)o2)CCOCC1. The molecule has 1 saturated heterocycles. The van der Waals surface area contributed by atoms with Crippen LogP contribution in [0, 0.1) is 0 Å². The summed E-state index contributed by atoms with van der Waals surface area (Å²) in [7, 11) is 0. The van der Waals surface area contributed by atoms with Crippen molar-refractivity contribution >= 4 is 5.97 Å². The summed E-state index contributed by atoms with van der Waals surface area (Å²) in [5, 5.41) is 12.1. The molecular weight excluding hydrogens is 222 g/mol. The molecule has 1 fully saturated rings. The molecule has 1 aromatic rings. The zero-order valence-corrected chi connectivity index (χ0v) is 9.86. The first-order valence-corrected chi connectivity index (χ1v) is 5.74. The first kappa shape index (κ1) is 12.1. The Morgan fingerprint density at radius 1 is 1.47 bits per heavy atom. The maximum absolute atomic E-state index is 10.7. The van der Waals surface area contributed by atoms with Gasteiger partial charge in [0, 0.05) is 18.8 Å². The number of aromatic carboxylic acids is 1. The maximum Gasteiger partial charge on any atom is 0.371 e. The van der Waals surface area contributed by atoms with Crippen LogP contribution in [0.1, 0.15) is 36.1 Å². The zero-order valence-electron chi connectivity index (χ0n) is 9.86. The van der Waals surface area contributed by atoms with Crippen LogP contribution in [0.3, 0.4) is 0 Å². The molecule has 2 rings (SSSR count). The van der Waals surface area contributed by atoms with Crippen LogP contribution >= 0.6 is 0 Å². The lowest BCUT2D eigenvalue weighted by molar-refractivity contribution is 0.0438. The number of hydrogen-bond acceptors (Lipinski definition) is 4. The van der Waals surface area contributed by atoms with Crippen molar-refractivity contribution in [1.82, 2.24) is 5.32 Å². The van der Waals surface area contributed by atoms with E-state index < -0.39 is 5.97 Å². The van der Waals surface area contributed by atoms with Gasteiger partial charge in [0.1, 0.15) is 5.76 Å². The van der Waals surface area contributed by atoms with Gasteiger partial charge in [0.15, 0.2) is 0 Å². The Bertz CT molecular complexity index is 393. The number of hydrogen-bond donors (Lipinski definition) is 2. The van der Waals surface area contributed by atoms with Crippen molar-refractivity contribution in [2.24, 2.45) is 0 Å². The average molecular weight is 239 g/mol. The highest BCUT2D eigenvalue weighted by Gasteiger charge is 2.26. The Balaban J connectivity index is 1.90. The molecule has 0 amide bonds. The van der Waals surface area contributed by atoms with E-state index in [-0.39, 0.29) is 11.3 Å². The van der Waals surface area contributed by atoms with Crippen molar-refractivity contribution in [2.45, 2.75) is 31.8 Å². The molecule has 5 heteroatoms. The number of carbonyl (C=O) groups is 1. The second-order valence-electron chi connectivity index (χ2n) is 4.60. The fourth-order valence-corrected chi connectivity index (χ4v) is 1.89. The minimum atomic E-state index is -1.03. The molecular formula is C12H17NO4. The van der Waals surface area contributed by atoms with Gasteiger partial charge in [-0.2, -0.15) is 0 Å². The third-order valence-corrected chi connectivity index (χ3v) is 3.16. The van der Waals surface area contributed by atoms with E-state index in [0.29, 0.717) is 12.3 Å². The lowest BCUT2D eigenvalue weighted by atomic mass is 9.92. The molecule has 2 N–H and O–H groups in total. The number of rotatable bonds is 4. The maximum atomic E-state index is 10.7. The Hall–Kier alpha value is -1.33. The second kappa shape index (κ2) is 4.89. The van der Waals surface area contributed by atoms with E-state index in [1.807, 2.05) is 0 Å². The van der Waals surface area contributed by atoms with Crippen molar-refractivity contribution in [2.75, 3.05) is 13.2 Å². The summed E-state index contributed by atoms with van der Waals surface area (Å²) in [6, 6.07) is 3.17. The summed E-state index contributed by atoms with van der Waals surface area (Å²) in [6.45, 7) is 4.23. The van der Waals surface area contributed by atoms with Gasteiger partial charge in [0.05, 0.1) is 6.54 Å². The number of carboxylic acid groups (broad SMARTS) is 1. The number of nitrogens with one attached hydrogen (secondary N) is 1. The zero-order chi connectivity index (χ0) is 12.3. The van der Waals surface area contributed by atoms with Gasteiger partial charge >= 0.3 is 5.97 Å². The van der Waals surface area contributed by atoms with E-state index in [2.05, 4.69) is 12.2 Å². The number of ether oxygens (including phenoxy) is 1. The topological polar surface area (TPSA) is 71.7 Å². The summed E-state index contributed by atoms with van der Waals surface area (Å²) in [6.07, 6.45) is 1.92. The van der Waals surface area contributed by atoms with Gasteiger partial charge in [-0.1, -0.05) is 0 Å². The third-order valence-electron chi connectivity index (χ3n) is 3.16. The highest BCUT2D eigenvalue weighted by atomic mass is 16.5. The molecule has 94 valence electrons. The van der Waals surface area contributed by atoms with Crippen LogP contribution in [0.15, 0.2) is 16.5 Å². The van der Waals surface area contributed by atoms with Gasteiger partial charge in [-0.05, 0) is 31.9 Å². The van der Waals surface area contributed by atoms with Gasteiger partial charge in [0.25, 0.3) is 0 Å². The van der Waals surface area contributed by atoms with Crippen LogP contribution in [0.25, 0.3) is 0 Å². The van der Waals surface area contributed by atoms with Crippen molar-refractivity contribution in [1.29, 1.82) is 0 Å². The predicted molar refractivity (Wildman–Crippen MR) is 61.0 cm³/mol. The smallest absolute Gasteiger partial charge is 0.371 e. The van der Waals surface area contributed by atoms with Crippen LogP contribution < -0.4 is 5.32 Å². The molecule has 1 aliphatic heterocycles. The van der Waals surface area contributed by atoms with Crippen molar-refractivity contribution < 1.29 is 19.1 Å². The molecule has 0 spiro atoms. The largest absolute Gasteiger partial charge is 0.475 e. The first-order valence-electron chi connectivity index (χ1n) is 5.74. The second-order valence-corrected chi connectivity index (χ2v) is 4.60. The normalized spacial score (nSPS) is 19.1. The van der Waals surface area contributed by atoms with Crippen molar-refractivity contribution in [3.05, 3.63) is 23.7 Å². The lowest BCUT2D eigenvalue weighted by Gasteiger charge is -2.34. The average Bonchev–Trinajstić information content (AvgIpc) is 2.76. The Kier molecular flexibility index (Phi) is 3.49. The highest BCUT2D eigenvalue weighted by molar-refractivity contribution is 5.84. The van der Waals surface area contributed by atoms with Crippen LogP contribution in [0.5, 0.6) is 0 Å². The fraction of sp³-hybridized carbons (Fsp3) is 0.583. The van der Waals surface area contributed by atoms with Crippen LogP contribution in [0.4, 0.5) is 0 Å². The molecule has 0 unspecified atom stereocenters. The Labute approximate surface area is 99.8 Å². The quantitative estimate of drug-likeness (QED) is 0.835. The first-order chi connectivity index (χ1) is 8.09. The van der Waals surface area contributed by atoms with Gasteiger partial charge in [-0.25, -0.2) is 4.79 Å². The van der Waals surface area contributed by atoms with Gasteiger partial charge in [-0.15, -0.1) is 0 Å². The fourth-order valence-electron chi connectivity index (χ4n) is 1.89. The van der Waals surface area contributed by atoms with E-state index in [1.54, 1.807) is 6.07 Å². The van der Waals surface area contributed by atoms with Crippen molar-refractivity contribution in [3.8, 4) is 0 Å². The molecule has 0 radical (unpaired) electrons. The molecule has 5 nitrogen and oxygen atoms in total. The molecule has 1 aromatic heterocycles. The van der Waals surface area contributed by atoms with Gasteiger partial charge in [0.2, 0.25) is 5.76 Å². The highest BCUT2D eigenvalue weighted by Crippen LogP contribution is 2.20. The van der Waals surface area contributed by atoms with E-state index in [4.69, 9.17) is 14.3 Å². The van der Waals surface area contributed by atoms with E-state index >= 15 is 0 Å². The van der Waals surface area contributed by atoms with Crippen molar-refractivity contribution in [3.63, 3.8) is 0 Å². The summed E-state index contributed by atoms with van der Waals surface area (Å²) < 4.78 is 10.5. The van der Waals surface area contributed by atoms with E-state index in [1.165, 1.54) is 6.07 Å². The lowest BCUT2D eigenvalue weighted by Crippen LogP contribution is -2.46. The van der Waals surface area contributed by atoms with Gasteiger partial charge < -0.3 is 19.6 Å². The molecule has 2 heterocycles. The van der Waals surface area contributed by atoms with Crippen LogP contribution in [-0.2, 0) is 11.3 Å². The molecule has 1 aliphatic rings.